The Balaban J connectivity index is 2.34. The molecule has 0 aliphatic carbocycles. The molecule has 2 rings (SSSR count). The number of hydrogen-bond acceptors (Lipinski definition) is 4. The highest BCUT2D eigenvalue weighted by Crippen LogP contribution is 2.27. The molecule has 0 N–H and O–H groups in total. The fourth-order valence-corrected chi connectivity index (χ4v) is 1.90. The Labute approximate surface area is 124 Å². The minimum Gasteiger partial charge on any atom is -0.465 e. The maximum Gasteiger partial charge on any atom is 0.573 e. The molecule has 1 heterocycles. The van der Waals surface area contributed by atoms with Crippen LogP contribution in [-0.4, -0.2) is 24.4 Å². The zero-order chi connectivity index (χ0) is 16.3. The van der Waals surface area contributed by atoms with E-state index in [2.05, 4.69) is 14.5 Å². The van der Waals surface area contributed by atoms with E-state index in [1.807, 2.05) is 0 Å². The van der Waals surface area contributed by atoms with Crippen LogP contribution in [0.1, 0.15) is 16.1 Å². The Morgan fingerprint density at radius 3 is 2.50 bits per heavy atom. The van der Waals surface area contributed by atoms with Crippen LogP contribution in [-0.2, 0) is 4.74 Å². The molecule has 0 aliphatic rings. The quantitative estimate of drug-likeness (QED) is 0.810. The smallest absolute Gasteiger partial charge is 0.465 e. The van der Waals surface area contributed by atoms with Gasteiger partial charge in [-0.25, -0.2) is 4.79 Å². The van der Waals surface area contributed by atoms with Gasteiger partial charge in [-0.15, -0.1) is 13.2 Å². The first-order valence-electron chi connectivity index (χ1n) is 6.22. The first-order chi connectivity index (χ1) is 10.3. The number of aromatic nitrogens is 1. The van der Waals surface area contributed by atoms with Crippen LogP contribution in [0.5, 0.6) is 5.75 Å². The van der Waals surface area contributed by atoms with Gasteiger partial charge in [0, 0.05) is 5.56 Å². The predicted octanol–water partition coefficient (Wildman–Crippen LogP) is 3.74. The average molecular weight is 311 g/mol. The molecule has 0 aliphatic heterocycles. The molecule has 1 aromatic heterocycles. The summed E-state index contributed by atoms with van der Waals surface area (Å²) in [5.74, 6) is -0.854. The first kappa shape index (κ1) is 15.8. The maximum atomic E-state index is 12.2. The van der Waals surface area contributed by atoms with Crippen LogP contribution >= 0.6 is 0 Å². The maximum absolute atomic E-state index is 12.2. The van der Waals surface area contributed by atoms with Crippen molar-refractivity contribution in [3.8, 4) is 17.0 Å². The van der Waals surface area contributed by atoms with E-state index in [1.165, 1.54) is 37.4 Å². The highest BCUT2D eigenvalue weighted by molar-refractivity contribution is 5.90. The van der Waals surface area contributed by atoms with Gasteiger partial charge < -0.3 is 9.47 Å². The molecule has 1 aromatic carbocycles. The van der Waals surface area contributed by atoms with Crippen molar-refractivity contribution in [2.24, 2.45) is 0 Å². The number of methoxy groups -OCH3 is 1. The lowest BCUT2D eigenvalue weighted by Gasteiger charge is -2.10. The van der Waals surface area contributed by atoms with Gasteiger partial charge in [-0.1, -0.05) is 12.1 Å². The first-order valence-corrected chi connectivity index (χ1v) is 6.22. The largest absolute Gasteiger partial charge is 0.573 e. The fourth-order valence-electron chi connectivity index (χ4n) is 1.90. The molecular formula is C15H12F3NO3. The van der Waals surface area contributed by atoms with Crippen LogP contribution in [0, 0.1) is 6.92 Å². The van der Waals surface area contributed by atoms with Crippen LogP contribution in [0.2, 0.25) is 0 Å². The Bertz CT molecular complexity index is 699. The Hall–Kier alpha value is -2.57. The van der Waals surface area contributed by atoms with Gasteiger partial charge in [0.05, 0.1) is 24.1 Å². The zero-order valence-corrected chi connectivity index (χ0v) is 11.8. The lowest BCUT2D eigenvalue weighted by molar-refractivity contribution is -0.274. The van der Waals surface area contributed by atoms with Crippen LogP contribution in [0.15, 0.2) is 36.4 Å². The number of hydrogen-bond donors (Lipinski definition) is 0. The molecule has 0 saturated carbocycles. The van der Waals surface area contributed by atoms with Crippen molar-refractivity contribution >= 4 is 5.97 Å². The van der Waals surface area contributed by atoms with Crippen LogP contribution in [0.25, 0.3) is 11.3 Å². The number of pyridine rings is 1. The van der Waals surface area contributed by atoms with Gasteiger partial charge in [-0.2, -0.15) is 0 Å². The van der Waals surface area contributed by atoms with E-state index in [0.29, 0.717) is 22.5 Å². The molecule has 0 radical (unpaired) electrons. The van der Waals surface area contributed by atoms with Crippen molar-refractivity contribution in [1.82, 2.24) is 4.98 Å². The minimum atomic E-state index is -4.75. The number of nitrogens with zero attached hydrogens (tertiary/aromatic N) is 1. The summed E-state index contributed by atoms with van der Waals surface area (Å²) in [5.41, 5.74) is 1.60. The standard InChI is InChI=1S/C15H12F3NO3/c1-9-12(14(20)21-2)6-7-13(19-9)10-4-3-5-11(8-10)22-15(16,17)18/h3-8H,1-2H3. The summed E-state index contributed by atoms with van der Waals surface area (Å²) in [6.07, 6.45) is -4.75. The molecule has 22 heavy (non-hydrogen) atoms. The molecule has 0 fully saturated rings. The van der Waals surface area contributed by atoms with E-state index in [9.17, 15) is 18.0 Å². The van der Waals surface area contributed by atoms with Crippen molar-refractivity contribution in [1.29, 1.82) is 0 Å². The second kappa shape index (κ2) is 6.05. The average Bonchev–Trinajstić information content (AvgIpc) is 2.45. The Morgan fingerprint density at radius 2 is 1.91 bits per heavy atom. The van der Waals surface area contributed by atoms with E-state index < -0.39 is 12.3 Å². The molecule has 0 saturated heterocycles. The van der Waals surface area contributed by atoms with Gasteiger partial charge in [0.15, 0.2) is 0 Å². The summed E-state index contributed by atoms with van der Waals surface area (Å²) in [5, 5.41) is 0. The van der Waals surface area contributed by atoms with E-state index in [-0.39, 0.29) is 5.75 Å². The van der Waals surface area contributed by atoms with Crippen molar-refractivity contribution in [3.05, 3.63) is 47.7 Å². The van der Waals surface area contributed by atoms with Gasteiger partial charge >= 0.3 is 12.3 Å². The summed E-state index contributed by atoms with van der Waals surface area (Å²) in [7, 11) is 1.26. The monoisotopic (exact) mass is 311 g/mol. The summed E-state index contributed by atoms with van der Waals surface area (Å²) >= 11 is 0. The second-order valence-electron chi connectivity index (χ2n) is 4.40. The molecule has 7 heteroatoms. The minimum absolute atomic E-state index is 0.300. The molecule has 0 bridgehead atoms. The summed E-state index contributed by atoms with van der Waals surface area (Å²) < 4.78 is 45.2. The van der Waals surface area contributed by atoms with Crippen LogP contribution in [0.3, 0.4) is 0 Å². The number of ether oxygens (including phenoxy) is 2. The van der Waals surface area contributed by atoms with Gasteiger partial charge in [0.2, 0.25) is 0 Å². The fraction of sp³-hybridized carbons (Fsp3) is 0.200. The number of halogens is 3. The van der Waals surface area contributed by atoms with E-state index in [4.69, 9.17) is 0 Å². The molecule has 116 valence electrons. The Kier molecular flexibility index (Phi) is 4.35. The third-order valence-corrected chi connectivity index (χ3v) is 2.85. The summed E-state index contributed by atoms with van der Waals surface area (Å²) in [6, 6.07) is 8.51. The van der Waals surface area contributed by atoms with Crippen molar-refractivity contribution in [3.63, 3.8) is 0 Å². The SMILES string of the molecule is COC(=O)c1ccc(-c2cccc(OC(F)(F)F)c2)nc1C. The molecule has 4 nitrogen and oxygen atoms in total. The molecule has 0 spiro atoms. The molecule has 0 atom stereocenters. The van der Waals surface area contributed by atoms with Crippen molar-refractivity contribution in [2.45, 2.75) is 13.3 Å². The summed E-state index contributed by atoms with van der Waals surface area (Å²) in [4.78, 5) is 15.7. The van der Waals surface area contributed by atoms with Gasteiger partial charge in [-0.05, 0) is 31.2 Å². The lowest BCUT2D eigenvalue weighted by Crippen LogP contribution is -2.17. The number of benzene rings is 1. The van der Waals surface area contributed by atoms with E-state index in [0.717, 1.165) is 0 Å². The van der Waals surface area contributed by atoms with Crippen LogP contribution in [0.4, 0.5) is 13.2 Å². The van der Waals surface area contributed by atoms with Gasteiger partial charge in [-0.3, -0.25) is 4.98 Å². The number of alkyl halides is 3. The van der Waals surface area contributed by atoms with E-state index >= 15 is 0 Å². The molecule has 0 amide bonds. The summed E-state index contributed by atoms with van der Waals surface area (Å²) in [6.45, 7) is 1.62. The van der Waals surface area contributed by atoms with Gasteiger partial charge in [0.25, 0.3) is 0 Å². The number of carbonyl (C=O) groups is 1. The molecule has 2 aromatic rings. The molecular weight excluding hydrogens is 299 g/mol. The third kappa shape index (κ3) is 3.75. The highest BCUT2D eigenvalue weighted by Gasteiger charge is 2.31. The second-order valence-corrected chi connectivity index (χ2v) is 4.40. The number of aryl methyl sites for hydroxylation is 1. The lowest BCUT2D eigenvalue weighted by atomic mass is 10.1. The van der Waals surface area contributed by atoms with Gasteiger partial charge in [0.1, 0.15) is 5.75 Å². The number of esters is 1. The van der Waals surface area contributed by atoms with Crippen molar-refractivity contribution in [2.75, 3.05) is 7.11 Å². The van der Waals surface area contributed by atoms with Crippen molar-refractivity contribution < 1.29 is 27.4 Å². The Morgan fingerprint density at radius 1 is 1.18 bits per heavy atom. The number of carbonyl (C=O) groups excluding carboxylic acids is 1. The zero-order valence-electron chi connectivity index (χ0n) is 11.8. The normalized spacial score (nSPS) is 11.1. The van der Waals surface area contributed by atoms with E-state index in [1.54, 1.807) is 13.0 Å². The number of rotatable bonds is 3. The molecule has 0 unspecified atom stereocenters. The van der Waals surface area contributed by atoms with Crippen LogP contribution < -0.4 is 4.74 Å². The third-order valence-electron chi connectivity index (χ3n) is 2.85. The topological polar surface area (TPSA) is 48.4 Å². The highest BCUT2D eigenvalue weighted by atomic mass is 19.4. The predicted molar refractivity (Wildman–Crippen MR) is 72.4 cm³/mol.